The lowest BCUT2D eigenvalue weighted by Crippen LogP contribution is -2.18. The zero-order valence-corrected chi connectivity index (χ0v) is 10.9. The Kier molecular flexibility index (Phi) is 2.96. The molecule has 2 aliphatic heterocycles. The molecule has 2 bridgehead atoms. The summed E-state index contributed by atoms with van der Waals surface area (Å²) in [7, 11) is 0. The van der Waals surface area contributed by atoms with Crippen LogP contribution in [0.4, 0.5) is 0 Å². The van der Waals surface area contributed by atoms with Crippen LogP contribution in [0.1, 0.15) is 35.8 Å². The molecule has 3 nitrogen and oxygen atoms in total. The second kappa shape index (κ2) is 4.48. The van der Waals surface area contributed by atoms with Gasteiger partial charge in [-0.15, -0.1) is 12.4 Å². The number of benzene rings is 1. The first-order chi connectivity index (χ1) is 8.42. The van der Waals surface area contributed by atoms with Crippen molar-refractivity contribution in [1.29, 1.82) is 0 Å². The van der Waals surface area contributed by atoms with Gasteiger partial charge in [0, 0.05) is 25.5 Å². The summed E-state index contributed by atoms with van der Waals surface area (Å²) in [4.78, 5) is 8.84. The summed E-state index contributed by atoms with van der Waals surface area (Å²) in [6.45, 7) is 2.24. The van der Waals surface area contributed by atoms with E-state index >= 15 is 0 Å². The molecule has 0 radical (unpaired) electrons. The van der Waals surface area contributed by atoms with Crippen LogP contribution < -0.4 is 5.32 Å². The molecule has 1 aromatic heterocycles. The molecule has 2 unspecified atom stereocenters. The third-order valence-electron chi connectivity index (χ3n) is 4.20. The Morgan fingerprint density at radius 1 is 0.889 bits per heavy atom. The molecule has 0 saturated carbocycles. The number of rotatable bonds is 0. The lowest BCUT2D eigenvalue weighted by molar-refractivity contribution is 0.550. The predicted octanol–water partition coefficient (Wildman–Crippen LogP) is 2.62. The van der Waals surface area contributed by atoms with Crippen LogP contribution in [0.15, 0.2) is 24.5 Å². The Labute approximate surface area is 112 Å². The molecule has 4 heteroatoms. The van der Waals surface area contributed by atoms with Crippen molar-refractivity contribution in [3.63, 3.8) is 0 Å². The molecular weight excluding hydrogens is 246 g/mol. The summed E-state index contributed by atoms with van der Waals surface area (Å²) in [6, 6.07) is 4.53. The van der Waals surface area contributed by atoms with Crippen molar-refractivity contribution >= 4 is 23.4 Å². The zero-order chi connectivity index (χ0) is 11.2. The van der Waals surface area contributed by atoms with E-state index < -0.39 is 0 Å². The van der Waals surface area contributed by atoms with Crippen molar-refractivity contribution in [1.82, 2.24) is 15.3 Å². The monoisotopic (exact) mass is 261 g/mol. The van der Waals surface area contributed by atoms with Gasteiger partial charge in [-0.25, -0.2) is 0 Å². The zero-order valence-electron chi connectivity index (χ0n) is 10.1. The minimum Gasteiger partial charge on any atom is -0.316 e. The second-order valence-corrected chi connectivity index (χ2v) is 5.16. The van der Waals surface area contributed by atoms with Gasteiger partial charge >= 0.3 is 0 Å². The number of aromatic nitrogens is 2. The number of hydrogen-bond donors (Lipinski definition) is 1. The van der Waals surface area contributed by atoms with Gasteiger partial charge in [-0.2, -0.15) is 0 Å². The Balaban J connectivity index is 0.000001000. The minimum atomic E-state index is 0. The fourth-order valence-corrected chi connectivity index (χ4v) is 3.32. The van der Waals surface area contributed by atoms with E-state index in [0.29, 0.717) is 11.8 Å². The topological polar surface area (TPSA) is 37.8 Å². The Bertz CT molecular complexity index is 530. The normalized spacial score (nSPS) is 25.3. The largest absolute Gasteiger partial charge is 0.316 e. The molecule has 94 valence electrons. The highest BCUT2D eigenvalue weighted by Crippen LogP contribution is 2.41. The maximum Gasteiger partial charge on any atom is 0.0889 e. The van der Waals surface area contributed by atoms with E-state index in [1.807, 2.05) is 0 Å². The van der Waals surface area contributed by atoms with Crippen molar-refractivity contribution in [2.45, 2.75) is 24.7 Å². The smallest absolute Gasteiger partial charge is 0.0889 e. The number of hydrogen-bond acceptors (Lipinski definition) is 3. The first kappa shape index (κ1) is 11.9. The Morgan fingerprint density at radius 3 is 1.89 bits per heavy atom. The third-order valence-corrected chi connectivity index (χ3v) is 4.20. The van der Waals surface area contributed by atoms with Gasteiger partial charge in [0.15, 0.2) is 0 Å². The molecule has 1 saturated heterocycles. The maximum atomic E-state index is 4.42. The SMILES string of the molecule is Cl.c1cnc2cc3c(cc2n1)C1CCC3CNC1. The van der Waals surface area contributed by atoms with Crippen LogP contribution in [-0.4, -0.2) is 23.1 Å². The molecule has 5 rings (SSSR count). The van der Waals surface area contributed by atoms with Crippen LogP contribution in [0.25, 0.3) is 11.0 Å². The fourth-order valence-electron chi connectivity index (χ4n) is 3.32. The number of fused-ring (bicyclic) bond motifs is 4. The highest BCUT2D eigenvalue weighted by atomic mass is 35.5. The molecule has 2 aromatic rings. The van der Waals surface area contributed by atoms with E-state index in [2.05, 4.69) is 27.4 Å². The van der Waals surface area contributed by atoms with Gasteiger partial charge in [0.05, 0.1) is 11.0 Å². The van der Waals surface area contributed by atoms with Crippen molar-refractivity contribution < 1.29 is 0 Å². The molecule has 0 spiro atoms. The average Bonchev–Trinajstić information content (AvgIpc) is 2.71. The van der Waals surface area contributed by atoms with Crippen LogP contribution in [0.2, 0.25) is 0 Å². The van der Waals surface area contributed by atoms with Gasteiger partial charge in [-0.05, 0) is 47.9 Å². The van der Waals surface area contributed by atoms with Crippen LogP contribution in [0.5, 0.6) is 0 Å². The fraction of sp³-hybridized carbons (Fsp3) is 0.429. The van der Waals surface area contributed by atoms with E-state index in [4.69, 9.17) is 0 Å². The molecule has 3 heterocycles. The van der Waals surface area contributed by atoms with Gasteiger partial charge < -0.3 is 5.32 Å². The number of nitrogens with zero attached hydrogens (tertiary/aromatic N) is 2. The van der Waals surface area contributed by atoms with Gasteiger partial charge in [0.25, 0.3) is 0 Å². The van der Waals surface area contributed by atoms with Crippen molar-refractivity contribution in [2.24, 2.45) is 0 Å². The van der Waals surface area contributed by atoms with Gasteiger partial charge in [-0.1, -0.05) is 0 Å². The van der Waals surface area contributed by atoms with Crippen LogP contribution in [0, 0.1) is 0 Å². The summed E-state index contributed by atoms with van der Waals surface area (Å²) >= 11 is 0. The average molecular weight is 262 g/mol. The van der Waals surface area contributed by atoms with Gasteiger partial charge in [0.1, 0.15) is 0 Å². The summed E-state index contributed by atoms with van der Waals surface area (Å²) < 4.78 is 0. The van der Waals surface area contributed by atoms with E-state index in [0.717, 1.165) is 24.1 Å². The number of halogens is 1. The lowest BCUT2D eigenvalue weighted by atomic mass is 9.78. The highest BCUT2D eigenvalue weighted by Gasteiger charge is 2.30. The van der Waals surface area contributed by atoms with E-state index in [1.165, 1.54) is 24.0 Å². The van der Waals surface area contributed by atoms with Gasteiger partial charge in [0.2, 0.25) is 0 Å². The molecule has 1 N–H and O–H groups in total. The molecule has 0 amide bonds. The first-order valence-corrected chi connectivity index (χ1v) is 6.37. The lowest BCUT2D eigenvalue weighted by Gasteiger charge is -2.26. The molecule has 2 atom stereocenters. The quantitative estimate of drug-likeness (QED) is 0.792. The van der Waals surface area contributed by atoms with Crippen LogP contribution in [0.3, 0.4) is 0 Å². The molecular formula is C14H16ClN3. The first-order valence-electron chi connectivity index (χ1n) is 6.37. The molecule has 1 aromatic carbocycles. The third kappa shape index (κ3) is 1.70. The second-order valence-electron chi connectivity index (χ2n) is 5.16. The standard InChI is InChI=1S/C14H15N3.ClH/c1-2-10-8-15-7-9(1)11-5-13-14(6-12(10)11)17-4-3-16-13;/h3-6,9-10,15H,1-2,7-8H2;1H. The molecule has 1 aliphatic carbocycles. The molecule has 1 fully saturated rings. The summed E-state index contributed by atoms with van der Waals surface area (Å²) in [5, 5.41) is 3.57. The van der Waals surface area contributed by atoms with Crippen molar-refractivity contribution in [3.8, 4) is 0 Å². The molecule has 3 aliphatic rings. The Hall–Kier alpha value is -1.19. The van der Waals surface area contributed by atoms with Crippen LogP contribution in [-0.2, 0) is 0 Å². The summed E-state index contributed by atoms with van der Waals surface area (Å²) in [6.07, 6.45) is 6.19. The highest BCUT2D eigenvalue weighted by molar-refractivity contribution is 5.85. The molecule has 18 heavy (non-hydrogen) atoms. The van der Waals surface area contributed by atoms with Crippen molar-refractivity contribution in [3.05, 3.63) is 35.7 Å². The summed E-state index contributed by atoms with van der Waals surface area (Å²) in [5.74, 6) is 1.35. The Morgan fingerprint density at radius 2 is 1.39 bits per heavy atom. The van der Waals surface area contributed by atoms with Crippen molar-refractivity contribution in [2.75, 3.05) is 13.1 Å². The number of nitrogens with one attached hydrogen (secondary N) is 1. The minimum absolute atomic E-state index is 0. The van der Waals surface area contributed by atoms with Crippen LogP contribution >= 0.6 is 12.4 Å². The maximum absolute atomic E-state index is 4.42. The predicted molar refractivity (Wildman–Crippen MR) is 74.4 cm³/mol. The van der Waals surface area contributed by atoms with E-state index in [1.54, 1.807) is 12.4 Å². The van der Waals surface area contributed by atoms with Gasteiger partial charge in [-0.3, -0.25) is 9.97 Å². The van der Waals surface area contributed by atoms with E-state index in [9.17, 15) is 0 Å². The summed E-state index contributed by atoms with van der Waals surface area (Å²) in [5.41, 5.74) is 5.11. The van der Waals surface area contributed by atoms with E-state index in [-0.39, 0.29) is 12.4 Å².